The van der Waals surface area contributed by atoms with Gasteiger partial charge in [0.15, 0.2) is 11.5 Å². The normalized spacial score (nSPS) is 12.7. The fourth-order valence-electron chi connectivity index (χ4n) is 4.34. The number of carbonyl (C=O) groups excluding carboxylic acids is 1. The molecule has 0 saturated heterocycles. The summed E-state index contributed by atoms with van der Waals surface area (Å²) in [7, 11) is 3.88. The van der Waals surface area contributed by atoms with Gasteiger partial charge in [-0.1, -0.05) is 0 Å². The minimum absolute atomic E-state index is 0.133. The van der Waals surface area contributed by atoms with Gasteiger partial charge in [0.1, 0.15) is 5.75 Å². The summed E-state index contributed by atoms with van der Waals surface area (Å²) < 4.78 is 18.2. The fraction of sp³-hybridized carbons (Fsp3) is 0.320. The van der Waals surface area contributed by atoms with Crippen molar-refractivity contribution >= 4 is 38.7 Å². The van der Waals surface area contributed by atoms with Crippen molar-refractivity contribution in [2.45, 2.75) is 20.1 Å². The quantitative estimate of drug-likeness (QED) is 0.407. The van der Waals surface area contributed by atoms with Gasteiger partial charge >= 0.3 is 6.09 Å². The molecule has 35 heavy (non-hydrogen) atoms. The van der Waals surface area contributed by atoms with E-state index in [0.717, 1.165) is 10.8 Å². The van der Waals surface area contributed by atoms with E-state index >= 15 is 0 Å². The monoisotopic (exact) mass is 478 g/mol. The van der Waals surface area contributed by atoms with Crippen LogP contribution in [0.25, 0.3) is 32.6 Å². The van der Waals surface area contributed by atoms with Gasteiger partial charge in [-0.2, -0.15) is 0 Å². The summed E-state index contributed by atoms with van der Waals surface area (Å²) in [6.07, 6.45) is 1.07. The highest BCUT2D eigenvalue weighted by Gasteiger charge is 2.21. The highest BCUT2D eigenvalue weighted by atomic mass is 16.7. The number of aliphatic hydroxyl groups excluding tert-OH is 1. The van der Waals surface area contributed by atoms with Crippen LogP contribution in [0.3, 0.4) is 0 Å². The molecule has 2 aromatic carbocycles. The van der Waals surface area contributed by atoms with Gasteiger partial charge < -0.3 is 34.1 Å². The number of aromatic nitrogens is 2. The number of amides is 1. The van der Waals surface area contributed by atoms with E-state index in [2.05, 4.69) is 10.3 Å². The number of benzene rings is 2. The Balaban J connectivity index is 1.84. The van der Waals surface area contributed by atoms with Crippen molar-refractivity contribution < 1.29 is 24.1 Å². The number of aliphatic hydroxyl groups is 1. The maximum atomic E-state index is 13.8. The molecule has 10 nitrogen and oxygen atoms in total. The number of fused-ring (bicyclic) bond motifs is 6. The first-order valence-corrected chi connectivity index (χ1v) is 11.3. The third-order valence-corrected chi connectivity index (χ3v) is 6.04. The van der Waals surface area contributed by atoms with Gasteiger partial charge in [0.05, 0.1) is 23.0 Å². The Hall–Kier alpha value is -3.89. The van der Waals surface area contributed by atoms with E-state index in [-0.39, 0.29) is 24.7 Å². The summed E-state index contributed by atoms with van der Waals surface area (Å²) in [6, 6.07) is 6.87. The van der Waals surface area contributed by atoms with Crippen molar-refractivity contribution in [3.63, 3.8) is 0 Å². The SMILES string of the molecule is CCNC(=O)Oc1cc2c(=O)n(CCN(C)C)c3c4cc5c(cc4ncc3c2cc1CO)OCO5. The predicted molar refractivity (Wildman–Crippen MR) is 131 cm³/mol. The Labute approximate surface area is 200 Å². The third-order valence-electron chi connectivity index (χ3n) is 6.04. The molecule has 3 heterocycles. The van der Waals surface area contributed by atoms with E-state index in [1.807, 2.05) is 31.1 Å². The smallest absolute Gasteiger partial charge is 0.412 e. The van der Waals surface area contributed by atoms with Crippen LogP contribution in [-0.4, -0.2) is 59.6 Å². The molecule has 10 heteroatoms. The van der Waals surface area contributed by atoms with Crippen LogP contribution in [0, 0.1) is 0 Å². The zero-order chi connectivity index (χ0) is 24.7. The largest absolute Gasteiger partial charge is 0.454 e. The Bertz CT molecular complexity index is 1530. The van der Waals surface area contributed by atoms with Gasteiger partial charge in [0.25, 0.3) is 5.56 Å². The lowest BCUT2D eigenvalue weighted by atomic mass is 10.0. The van der Waals surface area contributed by atoms with E-state index in [0.29, 0.717) is 58.5 Å². The maximum Gasteiger partial charge on any atom is 0.412 e. The van der Waals surface area contributed by atoms with Gasteiger partial charge in [-0.15, -0.1) is 0 Å². The first-order chi connectivity index (χ1) is 16.9. The van der Waals surface area contributed by atoms with Crippen molar-refractivity contribution in [1.82, 2.24) is 19.8 Å². The summed E-state index contributed by atoms with van der Waals surface area (Å²) in [6.45, 7) is 2.99. The minimum atomic E-state index is -0.654. The van der Waals surface area contributed by atoms with Gasteiger partial charge in [-0.3, -0.25) is 9.78 Å². The average Bonchev–Trinajstić information content (AvgIpc) is 3.29. The van der Waals surface area contributed by atoms with Crippen molar-refractivity contribution in [2.24, 2.45) is 0 Å². The molecule has 0 radical (unpaired) electrons. The molecule has 0 spiro atoms. The predicted octanol–water partition coefficient (Wildman–Crippen LogP) is 2.59. The van der Waals surface area contributed by atoms with Gasteiger partial charge in [-0.05, 0) is 44.6 Å². The van der Waals surface area contributed by atoms with E-state index in [1.54, 1.807) is 23.8 Å². The van der Waals surface area contributed by atoms with E-state index in [9.17, 15) is 14.7 Å². The first kappa shape index (κ1) is 22.9. The molecule has 182 valence electrons. The standard InChI is InChI=1S/C25H26N4O6/c1-4-26-25(32)35-20-8-16-15(7-14(20)12-30)18-11-27-19-10-22-21(33-13-34-22)9-17(19)23(18)29(24(16)31)6-5-28(2)3/h7-11,30H,4-6,12-13H2,1-3H3,(H,26,32). The molecule has 2 aromatic heterocycles. The Morgan fingerprint density at radius 3 is 2.63 bits per heavy atom. The summed E-state index contributed by atoms with van der Waals surface area (Å²) in [5.41, 5.74) is 1.55. The van der Waals surface area contributed by atoms with E-state index < -0.39 is 6.09 Å². The zero-order valence-electron chi connectivity index (χ0n) is 19.8. The van der Waals surface area contributed by atoms with Crippen LogP contribution in [0.15, 0.2) is 35.3 Å². The highest BCUT2D eigenvalue weighted by Crippen LogP contribution is 2.39. The Kier molecular flexibility index (Phi) is 5.91. The van der Waals surface area contributed by atoms with E-state index in [1.165, 1.54) is 6.07 Å². The number of ether oxygens (including phenoxy) is 3. The molecular formula is C25H26N4O6. The molecule has 1 amide bonds. The first-order valence-electron chi connectivity index (χ1n) is 11.3. The van der Waals surface area contributed by atoms with Crippen molar-refractivity contribution in [1.29, 1.82) is 0 Å². The second kappa shape index (κ2) is 9.05. The van der Waals surface area contributed by atoms with Gasteiger partial charge in [-0.25, -0.2) is 4.79 Å². The maximum absolute atomic E-state index is 13.8. The number of pyridine rings is 2. The lowest BCUT2D eigenvalue weighted by molar-refractivity contribution is 0.174. The van der Waals surface area contributed by atoms with Crippen LogP contribution in [-0.2, 0) is 13.2 Å². The number of nitrogens with zero attached hydrogens (tertiary/aromatic N) is 3. The second-order valence-corrected chi connectivity index (χ2v) is 8.59. The highest BCUT2D eigenvalue weighted by molar-refractivity contribution is 6.15. The van der Waals surface area contributed by atoms with Gasteiger partial charge in [0.2, 0.25) is 6.79 Å². The minimum Gasteiger partial charge on any atom is -0.454 e. The van der Waals surface area contributed by atoms with Crippen LogP contribution < -0.4 is 25.1 Å². The molecule has 5 rings (SSSR count). The lowest BCUT2D eigenvalue weighted by Gasteiger charge is -2.18. The Morgan fingerprint density at radius 1 is 1.14 bits per heavy atom. The van der Waals surface area contributed by atoms with Crippen molar-refractivity contribution in [2.75, 3.05) is 34.0 Å². The third kappa shape index (κ3) is 4.00. The van der Waals surface area contributed by atoms with Gasteiger partial charge in [0, 0.05) is 48.2 Å². The average molecular weight is 479 g/mol. The second-order valence-electron chi connectivity index (χ2n) is 8.59. The Morgan fingerprint density at radius 2 is 1.91 bits per heavy atom. The van der Waals surface area contributed by atoms with Crippen LogP contribution in [0.5, 0.6) is 17.2 Å². The number of rotatable bonds is 6. The number of carbonyl (C=O) groups is 1. The number of likely N-dealkylation sites (N-methyl/N-ethyl adjacent to an activating group) is 1. The topological polar surface area (TPSA) is 115 Å². The van der Waals surface area contributed by atoms with Crippen molar-refractivity contribution in [3.05, 3.63) is 46.4 Å². The molecule has 0 bridgehead atoms. The summed E-state index contributed by atoms with van der Waals surface area (Å²) >= 11 is 0. The summed E-state index contributed by atoms with van der Waals surface area (Å²) in [4.78, 5) is 32.5. The molecule has 0 aliphatic carbocycles. The molecule has 0 saturated carbocycles. The molecule has 0 fully saturated rings. The van der Waals surface area contributed by atoms with E-state index in [4.69, 9.17) is 14.2 Å². The van der Waals surface area contributed by atoms with Crippen LogP contribution in [0.2, 0.25) is 0 Å². The van der Waals surface area contributed by atoms with Crippen LogP contribution in [0.4, 0.5) is 4.79 Å². The molecular weight excluding hydrogens is 452 g/mol. The summed E-state index contributed by atoms with van der Waals surface area (Å²) in [5.74, 6) is 1.35. The molecule has 4 aromatic rings. The molecule has 2 N–H and O–H groups in total. The fourth-order valence-corrected chi connectivity index (χ4v) is 4.34. The molecule has 0 unspecified atom stereocenters. The van der Waals surface area contributed by atoms with Crippen molar-refractivity contribution in [3.8, 4) is 17.2 Å². The molecule has 0 atom stereocenters. The number of nitrogens with one attached hydrogen (secondary N) is 1. The number of hydrogen-bond donors (Lipinski definition) is 2. The van der Waals surface area contributed by atoms with Crippen LogP contribution in [0.1, 0.15) is 12.5 Å². The molecule has 1 aliphatic rings. The van der Waals surface area contributed by atoms with Crippen LogP contribution >= 0.6 is 0 Å². The lowest BCUT2D eigenvalue weighted by Crippen LogP contribution is -2.28. The number of hydrogen-bond acceptors (Lipinski definition) is 8. The molecule has 1 aliphatic heterocycles. The summed E-state index contributed by atoms with van der Waals surface area (Å²) in [5, 5.41) is 15.0. The zero-order valence-corrected chi connectivity index (χ0v) is 19.8.